The molecule has 0 saturated heterocycles. The molecule has 1 unspecified atom stereocenters. The Balaban J connectivity index is 2.62. The third kappa shape index (κ3) is 4.32. The molecule has 3 heteroatoms. The molecule has 0 saturated carbocycles. The second-order valence-corrected chi connectivity index (χ2v) is 4.78. The molecule has 0 aliphatic heterocycles. The van der Waals surface area contributed by atoms with Crippen LogP contribution in [0.15, 0.2) is 18.2 Å². The average molecular weight is 261 g/mol. The molecule has 0 bridgehead atoms. The maximum atomic E-state index is 6.12. The summed E-state index contributed by atoms with van der Waals surface area (Å²) in [4.78, 5) is 0. The van der Waals surface area contributed by atoms with Crippen molar-refractivity contribution in [1.82, 2.24) is 0 Å². The summed E-state index contributed by atoms with van der Waals surface area (Å²) >= 11 is 12.0. The van der Waals surface area contributed by atoms with Gasteiger partial charge in [0.1, 0.15) is 0 Å². The molecule has 16 heavy (non-hydrogen) atoms. The molecule has 0 aliphatic rings. The van der Waals surface area contributed by atoms with E-state index in [0.29, 0.717) is 5.02 Å². The Morgan fingerprint density at radius 3 is 2.62 bits per heavy atom. The second-order valence-electron chi connectivity index (χ2n) is 3.94. The quantitative estimate of drug-likeness (QED) is 0.718. The van der Waals surface area contributed by atoms with Crippen molar-refractivity contribution < 1.29 is 4.74 Å². The number of hydrogen-bond donors (Lipinski definition) is 0. The summed E-state index contributed by atoms with van der Waals surface area (Å²) in [5.74, 6) is 0. The van der Waals surface area contributed by atoms with Crippen molar-refractivity contribution in [3.63, 3.8) is 0 Å². The Hall–Kier alpha value is -0.240. The van der Waals surface area contributed by atoms with Crippen LogP contribution in [0.3, 0.4) is 0 Å². The van der Waals surface area contributed by atoms with Gasteiger partial charge in [-0.25, -0.2) is 0 Å². The summed E-state index contributed by atoms with van der Waals surface area (Å²) in [6.45, 7) is 2.18. The molecule has 1 aromatic rings. The van der Waals surface area contributed by atoms with Gasteiger partial charge in [0.25, 0.3) is 0 Å². The predicted octanol–water partition coefficient (Wildman–Crippen LogP) is 4.74. The maximum absolute atomic E-state index is 6.12. The summed E-state index contributed by atoms with van der Waals surface area (Å²) in [6.07, 6.45) is 4.55. The van der Waals surface area contributed by atoms with Gasteiger partial charge in [-0.05, 0) is 24.1 Å². The smallest absolute Gasteiger partial charge is 0.0612 e. The zero-order valence-corrected chi connectivity index (χ0v) is 11.3. The van der Waals surface area contributed by atoms with Crippen LogP contribution in [-0.4, -0.2) is 13.2 Å². The highest BCUT2D eigenvalue weighted by Gasteiger charge is 2.10. The van der Waals surface area contributed by atoms with E-state index in [1.54, 1.807) is 13.2 Å². The summed E-state index contributed by atoms with van der Waals surface area (Å²) in [5, 5.41) is 1.40. The van der Waals surface area contributed by atoms with E-state index in [-0.39, 0.29) is 6.10 Å². The molecule has 0 fully saturated rings. The van der Waals surface area contributed by atoms with Crippen LogP contribution in [-0.2, 0) is 11.2 Å². The molecule has 0 radical (unpaired) electrons. The van der Waals surface area contributed by atoms with Gasteiger partial charge in [-0.15, -0.1) is 0 Å². The number of unbranched alkanes of at least 4 members (excludes halogenated alkanes) is 1. The van der Waals surface area contributed by atoms with Crippen molar-refractivity contribution in [3.8, 4) is 0 Å². The summed E-state index contributed by atoms with van der Waals surface area (Å²) in [6, 6.07) is 5.63. The van der Waals surface area contributed by atoms with Crippen molar-refractivity contribution in [2.45, 2.75) is 38.7 Å². The Bertz CT molecular complexity index is 326. The van der Waals surface area contributed by atoms with Crippen LogP contribution in [0.5, 0.6) is 0 Å². The van der Waals surface area contributed by atoms with E-state index < -0.39 is 0 Å². The lowest BCUT2D eigenvalue weighted by Crippen LogP contribution is -2.14. The lowest BCUT2D eigenvalue weighted by molar-refractivity contribution is 0.0936. The lowest BCUT2D eigenvalue weighted by atomic mass is 10.0. The molecule has 1 nitrogen and oxygen atoms in total. The average Bonchev–Trinajstić information content (AvgIpc) is 2.27. The highest BCUT2D eigenvalue weighted by atomic mass is 35.5. The number of methoxy groups -OCH3 is 1. The fraction of sp³-hybridized carbons (Fsp3) is 0.538. The van der Waals surface area contributed by atoms with Crippen LogP contribution in [0.1, 0.15) is 31.7 Å². The topological polar surface area (TPSA) is 9.23 Å². The number of rotatable bonds is 6. The van der Waals surface area contributed by atoms with Gasteiger partial charge in [-0.1, -0.05) is 49.0 Å². The Labute approximate surface area is 108 Å². The molecule has 0 spiro atoms. The Morgan fingerprint density at radius 2 is 2.06 bits per heavy atom. The highest BCUT2D eigenvalue weighted by Crippen LogP contribution is 2.23. The van der Waals surface area contributed by atoms with Gasteiger partial charge in [0.2, 0.25) is 0 Å². The van der Waals surface area contributed by atoms with Gasteiger partial charge in [0, 0.05) is 23.6 Å². The summed E-state index contributed by atoms with van der Waals surface area (Å²) in [7, 11) is 1.75. The zero-order valence-electron chi connectivity index (χ0n) is 9.80. The molecular weight excluding hydrogens is 243 g/mol. The van der Waals surface area contributed by atoms with E-state index in [9.17, 15) is 0 Å². The molecule has 0 N–H and O–H groups in total. The van der Waals surface area contributed by atoms with Crippen molar-refractivity contribution in [1.29, 1.82) is 0 Å². The van der Waals surface area contributed by atoms with Crippen molar-refractivity contribution in [3.05, 3.63) is 33.8 Å². The number of hydrogen-bond acceptors (Lipinski definition) is 1. The molecular formula is C13H18Cl2O. The van der Waals surface area contributed by atoms with Gasteiger partial charge in [0.15, 0.2) is 0 Å². The van der Waals surface area contributed by atoms with Gasteiger partial charge in [-0.3, -0.25) is 0 Å². The van der Waals surface area contributed by atoms with Crippen LogP contribution in [0, 0.1) is 0 Å². The maximum Gasteiger partial charge on any atom is 0.0612 e. The first kappa shape index (κ1) is 13.8. The van der Waals surface area contributed by atoms with E-state index in [1.165, 1.54) is 12.8 Å². The van der Waals surface area contributed by atoms with E-state index in [4.69, 9.17) is 27.9 Å². The molecule has 1 rings (SSSR count). The first-order valence-electron chi connectivity index (χ1n) is 5.64. The minimum Gasteiger partial charge on any atom is -0.381 e. The fourth-order valence-electron chi connectivity index (χ4n) is 1.67. The number of ether oxygens (including phenoxy) is 1. The zero-order chi connectivity index (χ0) is 12.0. The van der Waals surface area contributed by atoms with E-state index in [1.807, 2.05) is 12.1 Å². The van der Waals surface area contributed by atoms with Crippen molar-refractivity contribution in [2.75, 3.05) is 7.11 Å². The lowest BCUT2D eigenvalue weighted by Gasteiger charge is -2.15. The minimum atomic E-state index is 0.249. The van der Waals surface area contributed by atoms with Gasteiger partial charge in [0.05, 0.1) is 6.10 Å². The fourth-order valence-corrected chi connectivity index (χ4v) is 2.15. The molecule has 90 valence electrons. The van der Waals surface area contributed by atoms with Crippen LogP contribution in [0.4, 0.5) is 0 Å². The van der Waals surface area contributed by atoms with Crippen LogP contribution >= 0.6 is 23.2 Å². The predicted molar refractivity (Wildman–Crippen MR) is 70.5 cm³/mol. The number of benzene rings is 1. The van der Waals surface area contributed by atoms with Gasteiger partial charge in [-0.2, -0.15) is 0 Å². The molecule has 0 aromatic heterocycles. The van der Waals surface area contributed by atoms with Crippen LogP contribution < -0.4 is 0 Å². The van der Waals surface area contributed by atoms with E-state index >= 15 is 0 Å². The monoisotopic (exact) mass is 260 g/mol. The molecule has 0 aliphatic carbocycles. The molecule has 0 amide bonds. The minimum absolute atomic E-state index is 0.249. The standard InChI is InChI=1S/C13H18Cl2O/c1-3-4-5-12(16-2)8-10-6-7-11(14)9-13(10)15/h6-7,9,12H,3-5,8H2,1-2H3. The van der Waals surface area contributed by atoms with Crippen molar-refractivity contribution in [2.24, 2.45) is 0 Å². The Morgan fingerprint density at radius 1 is 1.31 bits per heavy atom. The summed E-state index contributed by atoms with van der Waals surface area (Å²) in [5.41, 5.74) is 1.11. The summed E-state index contributed by atoms with van der Waals surface area (Å²) < 4.78 is 5.45. The third-order valence-corrected chi connectivity index (χ3v) is 3.26. The van der Waals surface area contributed by atoms with E-state index in [0.717, 1.165) is 23.4 Å². The van der Waals surface area contributed by atoms with Crippen LogP contribution in [0.2, 0.25) is 10.0 Å². The first-order chi connectivity index (χ1) is 7.67. The molecule has 1 atom stereocenters. The normalized spacial score (nSPS) is 12.8. The molecule has 0 heterocycles. The molecule has 1 aromatic carbocycles. The Kier molecular flexibility index (Phi) is 6.18. The SMILES string of the molecule is CCCCC(Cc1ccc(Cl)cc1Cl)OC. The van der Waals surface area contributed by atoms with Gasteiger partial charge >= 0.3 is 0 Å². The van der Waals surface area contributed by atoms with Gasteiger partial charge < -0.3 is 4.74 Å². The van der Waals surface area contributed by atoms with Crippen LogP contribution in [0.25, 0.3) is 0 Å². The number of halogens is 2. The first-order valence-corrected chi connectivity index (χ1v) is 6.39. The largest absolute Gasteiger partial charge is 0.381 e. The highest BCUT2D eigenvalue weighted by molar-refractivity contribution is 6.35. The second kappa shape index (κ2) is 7.16. The third-order valence-electron chi connectivity index (χ3n) is 2.68. The van der Waals surface area contributed by atoms with Crippen molar-refractivity contribution >= 4 is 23.2 Å². The van der Waals surface area contributed by atoms with E-state index in [2.05, 4.69) is 6.92 Å².